The van der Waals surface area contributed by atoms with Crippen LogP contribution in [-0.4, -0.2) is 13.0 Å². The van der Waals surface area contributed by atoms with Gasteiger partial charge in [0, 0.05) is 10.7 Å². The zero-order valence-electron chi connectivity index (χ0n) is 13.4. The second kappa shape index (κ2) is 7.93. The van der Waals surface area contributed by atoms with Crippen LogP contribution >= 0.6 is 11.6 Å². The van der Waals surface area contributed by atoms with E-state index in [1.165, 1.54) is 25.3 Å². The second-order valence-electron chi connectivity index (χ2n) is 5.13. The molecular weight excluding hydrogens is 369 g/mol. The summed E-state index contributed by atoms with van der Waals surface area (Å²) in [5, 5.41) is 11.8. The second-order valence-corrected chi connectivity index (χ2v) is 5.56. The number of nitriles is 1. The largest absolute Gasteiger partial charge is 0.497 e. The summed E-state index contributed by atoms with van der Waals surface area (Å²) in [6.45, 7) is 0. The van der Waals surface area contributed by atoms with Crippen molar-refractivity contribution in [1.29, 1.82) is 5.26 Å². The van der Waals surface area contributed by atoms with Crippen molar-refractivity contribution < 1.29 is 22.7 Å². The van der Waals surface area contributed by atoms with Gasteiger partial charge in [0.15, 0.2) is 0 Å². The van der Waals surface area contributed by atoms with Crippen LogP contribution in [0.1, 0.15) is 11.1 Å². The number of alkyl halides is 3. The van der Waals surface area contributed by atoms with Crippen molar-refractivity contribution in [2.45, 2.75) is 6.18 Å². The minimum absolute atomic E-state index is 0.0744. The van der Waals surface area contributed by atoms with Crippen LogP contribution in [0.5, 0.6) is 5.75 Å². The Morgan fingerprint density at radius 3 is 2.62 bits per heavy atom. The van der Waals surface area contributed by atoms with E-state index in [2.05, 4.69) is 5.32 Å². The predicted octanol–water partition coefficient (Wildman–Crippen LogP) is 4.91. The van der Waals surface area contributed by atoms with E-state index in [0.717, 1.165) is 18.2 Å². The Labute approximate surface area is 152 Å². The van der Waals surface area contributed by atoms with Gasteiger partial charge in [-0.05, 0) is 48.0 Å². The molecule has 8 heteroatoms. The van der Waals surface area contributed by atoms with E-state index < -0.39 is 17.6 Å². The maximum atomic E-state index is 12.7. The van der Waals surface area contributed by atoms with Crippen LogP contribution in [0.4, 0.5) is 18.9 Å². The fourth-order valence-electron chi connectivity index (χ4n) is 2.07. The molecule has 0 saturated heterocycles. The topological polar surface area (TPSA) is 62.1 Å². The molecule has 1 amide bonds. The number of methoxy groups -OCH3 is 1. The number of carbonyl (C=O) groups is 1. The van der Waals surface area contributed by atoms with E-state index in [1.54, 1.807) is 18.2 Å². The first-order chi connectivity index (χ1) is 12.2. The van der Waals surface area contributed by atoms with Gasteiger partial charge in [-0.15, -0.1) is 0 Å². The van der Waals surface area contributed by atoms with Crippen molar-refractivity contribution >= 4 is 29.3 Å². The maximum Gasteiger partial charge on any atom is 0.416 e. The van der Waals surface area contributed by atoms with Crippen molar-refractivity contribution in [2.75, 3.05) is 12.4 Å². The highest BCUT2D eigenvalue weighted by Crippen LogP contribution is 2.30. The molecule has 0 aliphatic heterocycles. The van der Waals surface area contributed by atoms with Gasteiger partial charge in [0.05, 0.1) is 12.7 Å². The fourth-order valence-corrected chi connectivity index (χ4v) is 2.31. The standard InChI is InChI=1S/C18H12ClF3N2O2/c1-26-16-7-11(6-14(19)9-16)5-12(10-23)17(25)24-15-4-2-3-13(8-15)18(20,21)22/h2-9H,1H3,(H,24,25)/b12-5+. The highest BCUT2D eigenvalue weighted by molar-refractivity contribution is 6.30. The highest BCUT2D eigenvalue weighted by Gasteiger charge is 2.30. The zero-order valence-corrected chi connectivity index (χ0v) is 14.2. The van der Waals surface area contributed by atoms with E-state index in [-0.39, 0.29) is 11.3 Å². The van der Waals surface area contributed by atoms with Crippen LogP contribution in [-0.2, 0) is 11.0 Å². The Morgan fingerprint density at radius 1 is 1.27 bits per heavy atom. The molecule has 134 valence electrons. The SMILES string of the molecule is COc1cc(Cl)cc(/C=C(\C#N)C(=O)Nc2cccc(C(F)(F)F)c2)c1. The maximum absolute atomic E-state index is 12.7. The summed E-state index contributed by atoms with van der Waals surface area (Å²) in [4.78, 5) is 12.2. The minimum Gasteiger partial charge on any atom is -0.497 e. The molecule has 0 aliphatic rings. The first kappa shape index (κ1) is 19.3. The monoisotopic (exact) mass is 380 g/mol. The minimum atomic E-state index is -4.54. The fraction of sp³-hybridized carbons (Fsp3) is 0.111. The van der Waals surface area contributed by atoms with E-state index >= 15 is 0 Å². The lowest BCUT2D eigenvalue weighted by Crippen LogP contribution is -2.14. The molecular formula is C18H12ClF3N2O2. The molecule has 26 heavy (non-hydrogen) atoms. The molecule has 4 nitrogen and oxygen atoms in total. The lowest BCUT2D eigenvalue weighted by molar-refractivity contribution is -0.137. The molecule has 1 N–H and O–H groups in total. The summed E-state index contributed by atoms with van der Waals surface area (Å²) < 4.78 is 43.2. The molecule has 0 aromatic heterocycles. The van der Waals surface area contributed by atoms with Gasteiger partial charge in [-0.3, -0.25) is 4.79 Å². The molecule has 0 fully saturated rings. The highest BCUT2D eigenvalue weighted by atomic mass is 35.5. The lowest BCUT2D eigenvalue weighted by Gasteiger charge is -2.09. The Hall–Kier alpha value is -2.98. The van der Waals surface area contributed by atoms with E-state index in [0.29, 0.717) is 16.3 Å². The number of ether oxygens (including phenoxy) is 1. The van der Waals surface area contributed by atoms with Crippen molar-refractivity contribution in [3.05, 3.63) is 64.2 Å². The molecule has 0 aliphatic carbocycles. The third-order valence-corrected chi connectivity index (χ3v) is 3.47. The number of nitrogens with one attached hydrogen (secondary N) is 1. The van der Waals surface area contributed by atoms with Crippen LogP contribution in [0.2, 0.25) is 5.02 Å². The van der Waals surface area contributed by atoms with Crippen molar-refractivity contribution in [2.24, 2.45) is 0 Å². The van der Waals surface area contributed by atoms with Gasteiger partial charge >= 0.3 is 6.18 Å². The summed E-state index contributed by atoms with van der Waals surface area (Å²) in [7, 11) is 1.44. The molecule has 0 unspecified atom stereocenters. The number of rotatable bonds is 4. The van der Waals surface area contributed by atoms with Gasteiger partial charge in [-0.25, -0.2) is 0 Å². The first-order valence-corrected chi connectivity index (χ1v) is 7.55. The number of hydrogen-bond acceptors (Lipinski definition) is 3. The van der Waals surface area contributed by atoms with Gasteiger partial charge in [0.25, 0.3) is 5.91 Å². The molecule has 2 aromatic rings. The summed E-state index contributed by atoms with van der Waals surface area (Å²) >= 11 is 5.93. The third kappa shape index (κ3) is 5.01. The number of carbonyl (C=O) groups excluding carboxylic acids is 1. The average molecular weight is 381 g/mol. The number of halogens is 4. The van der Waals surface area contributed by atoms with Crippen molar-refractivity contribution in [3.63, 3.8) is 0 Å². The van der Waals surface area contributed by atoms with Crippen LogP contribution in [0.25, 0.3) is 6.08 Å². The summed E-state index contributed by atoms with van der Waals surface area (Å²) in [6.07, 6.45) is -3.27. The van der Waals surface area contributed by atoms with Crippen molar-refractivity contribution in [3.8, 4) is 11.8 Å². The lowest BCUT2D eigenvalue weighted by atomic mass is 10.1. The molecule has 0 saturated carbocycles. The first-order valence-electron chi connectivity index (χ1n) is 7.18. The summed E-state index contributed by atoms with van der Waals surface area (Å²) in [5.74, 6) is -0.412. The van der Waals surface area contributed by atoms with Crippen LogP contribution in [0.15, 0.2) is 48.0 Å². The van der Waals surface area contributed by atoms with Crippen LogP contribution in [0, 0.1) is 11.3 Å². The van der Waals surface area contributed by atoms with Gasteiger partial charge < -0.3 is 10.1 Å². The number of hydrogen-bond donors (Lipinski definition) is 1. The average Bonchev–Trinajstić information content (AvgIpc) is 2.58. The molecule has 2 aromatic carbocycles. The van der Waals surface area contributed by atoms with Crippen LogP contribution in [0.3, 0.4) is 0 Å². The van der Waals surface area contributed by atoms with Gasteiger partial charge in [0.2, 0.25) is 0 Å². The van der Waals surface area contributed by atoms with Crippen LogP contribution < -0.4 is 10.1 Å². The van der Waals surface area contributed by atoms with Gasteiger partial charge in [-0.1, -0.05) is 17.7 Å². The quantitative estimate of drug-likeness (QED) is 0.605. The van der Waals surface area contributed by atoms with E-state index in [9.17, 15) is 23.2 Å². The molecule has 0 heterocycles. The van der Waals surface area contributed by atoms with Gasteiger partial charge in [-0.2, -0.15) is 18.4 Å². The molecule has 0 atom stereocenters. The summed E-state index contributed by atoms with van der Waals surface area (Å²) in [5.41, 5.74) is -0.844. The Morgan fingerprint density at radius 2 is 2.00 bits per heavy atom. The Balaban J connectivity index is 2.27. The number of amides is 1. The Bertz CT molecular complexity index is 902. The van der Waals surface area contributed by atoms with E-state index in [1.807, 2.05) is 0 Å². The third-order valence-electron chi connectivity index (χ3n) is 3.25. The molecule has 0 bridgehead atoms. The number of nitrogens with zero attached hydrogens (tertiary/aromatic N) is 1. The van der Waals surface area contributed by atoms with E-state index in [4.69, 9.17) is 16.3 Å². The van der Waals surface area contributed by atoms with Gasteiger partial charge in [0.1, 0.15) is 17.4 Å². The number of benzene rings is 2. The molecule has 0 spiro atoms. The smallest absolute Gasteiger partial charge is 0.416 e. The predicted molar refractivity (Wildman–Crippen MR) is 91.7 cm³/mol. The zero-order chi connectivity index (χ0) is 19.3. The molecule has 0 radical (unpaired) electrons. The Kier molecular flexibility index (Phi) is 5.90. The molecule has 2 rings (SSSR count). The number of anilines is 1. The van der Waals surface area contributed by atoms with Crippen molar-refractivity contribution in [1.82, 2.24) is 0 Å². The summed E-state index contributed by atoms with van der Waals surface area (Å²) in [6, 6.07) is 10.5. The normalized spacial score (nSPS) is 11.6.